The van der Waals surface area contributed by atoms with Crippen molar-refractivity contribution in [2.45, 2.75) is 40.0 Å². The van der Waals surface area contributed by atoms with Gasteiger partial charge in [0.05, 0.1) is 13.7 Å². The molecule has 1 unspecified atom stereocenters. The topological polar surface area (TPSA) is 44.8 Å². The van der Waals surface area contributed by atoms with Gasteiger partial charge in [-0.3, -0.25) is 4.79 Å². The minimum atomic E-state index is 0.0507. The molecule has 0 spiro atoms. The average molecular weight is 322 g/mol. The zero-order valence-corrected chi connectivity index (χ0v) is 15.1. The maximum absolute atomic E-state index is 12.1. The first-order valence-corrected chi connectivity index (χ1v) is 8.34. The first-order valence-electron chi connectivity index (χ1n) is 8.34. The second kappa shape index (κ2) is 10.3. The highest BCUT2D eigenvalue weighted by atomic mass is 16.5. The Labute approximate surface area is 140 Å². The summed E-state index contributed by atoms with van der Waals surface area (Å²) in [7, 11) is 3.31. The van der Waals surface area contributed by atoms with Crippen LogP contribution in [0.4, 0.5) is 0 Å². The van der Waals surface area contributed by atoms with Crippen molar-refractivity contribution < 1.29 is 19.0 Å². The van der Waals surface area contributed by atoms with Gasteiger partial charge in [0.1, 0.15) is 5.78 Å². The van der Waals surface area contributed by atoms with E-state index in [1.165, 1.54) is 0 Å². The lowest BCUT2D eigenvalue weighted by atomic mass is 9.85. The highest BCUT2D eigenvalue weighted by Crippen LogP contribution is 2.30. The molecule has 1 rings (SSSR count). The van der Waals surface area contributed by atoms with E-state index in [1.54, 1.807) is 14.2 Å². The molecule has 0 saturated carbocycles. The number of hydrogen-bond donors (Lipinski definition) is 0. The van der Waals surface area contributed by atoms with Gasteiger partial charge in [-0.2, -0.15) is 0 Å². The van der Waals surface area contributed by atoms with Gasteiger partial charge in [0.2, 0.25) is 0 Å². The van der Waals surface area contributed by atoms with Crippen LogP contribution < -0.4 is 9.47 Å². The molecular weight excluding hydrogens is 292 g/mol. The van der Waals surface area contributed by atoms with Gasteiger partial charge in [-0.1, -0.05) is 26.8 Å². The van der Waals surface area contributed by atoms with E-state index in [-0.39, 0.29) is 5.92 Å². The monoisotopic (exact) mass is 322 g/mol. The van der Waals surface area contributed by atoms with Crippen LogP contribution in [-0.4, -0.2) is 33.2 Å². The lowest BCUT2D eigenvalue weighted by molar-refractivity contribution is -0.123. The van der Waals surface area contributed by atoms with E-state index in [9.17, 15) is 4.79 Å². The largest absolute Gasteiger partial charge is 0.493 e. The number of ketones is 1. The molecule has 130 valence electrons. The number of benzene rings is 1. The van der Waals surface area contributed by atoms with Gasteiger partial charge in [0, 0.05) is 32.5 Å². The maximum Gasteiger partial charge on any atom is 0.161 e. The van der Waals surface area contributed by atoms with Crippen molar-refractivity contribution in [3.8, 4) is 11.5 Å². The predicted octanol–water partition coefficient (Wildman–Crippen LogP) is 3.90. The SMILES string of the molecule is CCC(=O)C(Cc1ccc(OC)c(OCCCOC)c1)C(C)C. The van der Waals surface area contributed by atoms with E-state index in [1.807, 2.05) is 25.1 Å². The molecule has 4 heteroatoms. The van der Waals surface area contributed by atoms with Crippen molar-refractivity contribution in [2.75, 3.05) is 27.4 Å². The summed E-state index contributed by atoms with van der Waals surface area (Å²) in [4.78, 5) is 12.1. The van der Waals surface area contributed by atoms with Crippen molar-refractivity contribution in [1.29, 1.82) is 0 Å². The Morgan fingerprint density at radius 1 is 1.13 bits per heavy atom. The molecule has 0 aliphatic rings. The second-order valence-corrected chi connectivity index (χ2v) is 6.05. The van der Waals surface area contributed by atoms with Gasteiger partial charge in [-0.25, -0.2) is 0 Å². The number of ether oxygens (including phenoxy) is 3. The van der Waals surface area contributed by atoms with Crippen LogP contribution in [0.2, 0.25) is 0 Å². The Kier molecular flexibility index (Phi) is 8.70. The quantitative estimate of drug-likeness (QED) is 0.580. The summed E-state index contributed by atoms with van der Waals surface area (Å²) in [5, 5.41) is 0. The Balaban J connectivity index is 2.84. The zero-order valence-electron chi connectivity index (χ0n) is 15.1. The lowest BCUT2D eigenvalue weighted by Crippen LogP contribution is -2.22. The molecule has 0 bridgehead atoms. The molecule has 1 aromatic rings. The summed E-state index contributed by atoms with van der Waals surface area (Å²) in [6, 6.07) is 5.91. The van der Waals surface area contributed by atoms with E-state index in [0.717, 1.165) is 24.2 Å². The van der Waals surface area contributed by atoms with Gasteiger partial charge < -0.3 is 14.2 Å². The number of carbonyl (C=O) groups excluding carboxylic acids is 1. The molecule has 0 aliphatic heterocycles. The highest BCUT2D eigenvalue weighted by molar-refractivity contribution is 5.81. The molecule has 4 nitrogen and oxygen atoms in total. The number of hydrogen-bond acceptors (Lipinski definition) is 4. The molecular formula is C19H30O4. The van der Waals surface area contributed by atoms with E-state index in [4.69, 9.17) is 14.2 Å². The van der Waals surface area contributed by atoms with Crippen molar-refractivity contribution in [3.05, 3.63) is 23.8 Å². The normalized spacial score (nSPS) is 12.3. The van der Waals surface area contributed by atoms with Crippen LogP contribution in [0.15, 0.2) is 18.2 Å². The first kappa shape index (κ1) is 19.5. The Bertz CT molecular complexity index is 482. The van der Waals surface area contributed by atoms with Crippen molar-refractivity contribution in [1.82, 2.24) is 0 Å². The van der Waals surface area contributed by atoms with E-state index < -0.39 is 0 Å². The van der Waals surface area contributed by atoms with Gasteiger partial charge >= 0.3 is 0 Å². The molecule has 1 aromatic carbocycles. The van der Waals surface area contributed by atoms with E-state index >= 15 is 0 Å². The molecule has 0 N–H and O–H groups in total. The summed E-state index contributed by atoms with van der Waals surface area (Å²) < 4.78 is 16.2. The second-order valence-electron chi connectivity index (χ2n) is 6.05. The molecule has 0 fully saturated rings. The summed E-state index contributed by atoms with van der Waals surface area (Å²) in [5.41, 5.74) is 1.10. The Morgan fingerprint density at radius 3 is 2.43 bits per heavy atom. The fourth-order valence-electron chi connectivity index (χ4n) is 2.58. The summed E-state index contributed by atoms with van der Waals surface area (Å²) >= 11 is 0. The Morgan fingerprint density at radius 2 is 1.87 bits per heavy atom. The van der Waals surface area contributed by atoms with Crippen LogP contribution >= 0.6 is 0 Å². The number of Topliss-reactive ketones (excluding diaryl/α,β-unsaturated/α-hetero) is 1. The Hall–Kier alpha value is -1.55. The third-order valence-electron chi connectivity index (χ3n) is 4.00. The van der Waals surface area contributed by atoms with E-state index in [2.05, 4.69) is 13.8 Å². The fraction of sp³-hybridized carbons (Fsp3) is 0.632. The molecule has 0 aliphatic carbocycles. The number of rotatable bonds is 11. The highest BCUT2D eigenvalue weighted by Gasteiger charge is 2.21. The van der Waals surface area contributed by atoms with Gasteiger partial charge in [-0.05, 0) is 30.0 Å². The van der Waals surface area contributed by atoms with Crippen molar-refractivity contribution in [2.24, 2.45) is 11.8 Å². The minimum absolute atomic E-state index is 0.0507. The van der Waals surface area contributed by atoms with Crippen LogP contribution in [0.1, 0.15) is 39.2 Å². The number of methoxy groups -OCH3 is 2. The standard InChI is InChI=1S/C19H30O4/c1-6-17(20)16(14(2)3)12-15-8-9-18(22-5)19(13-15)23-11-7-10-21-4/h8-9,13-14,16H,6-7,10-12H2,1-5H3. The van der Waals surface area contributed by atoms with Crippen LogP contribution in [0.3, 0.4) is 0 Å². The van der Waals surface area contributed by atoms with Gasteiger partial charge in [0.25, 0.3) is 0 Å². The third-order valence-corrected chi connectivity index (χ3v) is 4.00. The summed E-state index contributed by atoms with van der Waals surface area (Å²) in [6.45, 7) is 7.38. The van der Waals surface area contributed by atoms with Crippen LogP contribution in [0.25, 0.3) is 0 Å². The number of carbonyl (C=O) groups is 1. The van der Waals surface area contributed by atoms with Crippen LogP contribution in [0.5, 0.6) is 11.5 Å². The van der Waals surface area contributed by atoms with Crippen molar-refractivity contribution >= 4 is 5.78 Å². The molecule has 0 amide bonds. The first-order chi connectivity index (χ1) is 11.0. The molecule has 0 aromatic heterocycles. The third kappa shape index (κ3) is 6.22. The molecule has 0 saturated heterocycles. The maximum atomic E-state index is 12.1. The zero-order chi connectivity index (χ0) is 17.2. The molecule has 23 heavy (non-hydrogen) atoms. The van der Waals surface area contributed by atoms with E-state index in [0.29, 0.717) is 37.1 Å². The smallest absolute Gasteiger partial charge is 0.161 e. The minimum Gasteiger partial charge on any atom is -0.493 e. The summed E-state index contributed by atoms with van der Waals surface area (Å²) in [5.74, 6) is 2.14. The molecule has 0 radical (unpaired) electrons. The van der Waals surface area contributed by atoms with Gasteiger partial charge in [0.15, 0.2) is 11.5 Å². The molecule has 1 atom stereocenters. The molecule has 0 heterocycles. The predicted molar refractivity (Wildman–Crippen MR) is 92.3 cm³/mol. The van der Waals surface area contributed by atoms with Crippen LogP contribution in [0, 0.1) is 11.8 Å². The van der Waals surface area contributed by atoms with Crippen molar-refractivity contribution in [3.63, 3.8) is 0 Å². The average Bonchev–Trinajstić information content (AvgIpc) is 2.55. The van der Waals surface area contributed by atoms with Crippen LogP contribution in [-0.2, 0) is 16.0 Å². The lowest BCUT2D eigenvalue weighted by Gasteiger charge is -2.20. The summed E-state index contributed by atoms with van der Waals surface area (Å²) in [6.07, 6.45) is 2.15. The van der Waals surface area contributed by atoms with Gasteiger partial charge in [-0.15, -0.1) is 0 Å². The fourth-order valence-corrected chi connectivity index (χ4v) is 2.58.